The molecule has 1 aliphatic rings. The van der Waals surface area contributed by atoms with Gasteiger partial charge in [0.15, 0.2) is 0 Å². The maximum atomic E-state index is 12.2. The molecule has 102 valence electrons. The lowest BCUT2D eigenvalue weighted by Gasteiger charge is -2.37. The van der Waals surface area contributed by atoms with E-state index in [-0.39, 0.29) is 18.2 Å². The molecule has 6 nitrogen and oxygen atoms in total. The van der Waals surface area contributed by atoms with Crippen LogP contribution in [-0.2, 0) is 4.79 Å². The van der Waals surface area contributed by atoms with Crippen molar-refractivity contribution in [3.8, 4) is 5.75 Å². The summed E-state index contributed by atoms with van der Waals surface area (Å²) < 4.78 is 0. The Morgan fingerprint density at radius 1 is 1.32 bits per heavy atom. The zero-order valence-corrected chi connectivity index (χ0v) is 10.6. The van der Waals surface area contributed by atoms with E-state index in [0.717, 1.165) is 0 Å². The molecule has 0 radical (unpaired) electrons. The third-order valence-corrected chi connectivity index (χ3v) is 3.31. The number of aromatic hydroxyl groups is 1. The highest BCUT2D eigenvalue weighted by Crippen LogP contribution is 2.16. The molecule has 1 aliphatic heterocycles. The Kier molecular flexibility index (Phi) is 3.71. The van der Waals surface area contributed by atoms with Gasteiger partial charge >= 0.3 is 5.97 Å². The minimum Gasteiger partial charge on any atom is -0.508 e. The first-order valence-corrected chi connectivity index (χ1v) is 6.00. The second kappa shape index (κ2) is 5.27. The van der Waals surface area contributed by atoms with E-state index in [2.05, 4.69) is 0 Å². The summed E-state index contributed by atoms with van der Waals surface area (Å²) in [5.41, 5.74) is 0.369. The van der Waals surface area contributed by atoms with Crippen molar-refractivity contribution in [2.45, 2.75) is 6.04 Å². The first-order valence-electron chi connectivity index (χ1n) is 6.00. The van der Waals surface area contributed by atoms with Crippen molar-refractivity contribution >= 4 is 11.9 Å². The molecule has 1 aromatic rings. The molecule has 2 rings (SSSR count). The molecule has 19 heavy (non-hydrogen) atoms. The SMILES string of the molecule is CN1CCN(C(=O)c2cccc(O)c2)C[C@H]1C(=O)O. The molecule has 1 aromatic carbocycles. The number of carboxylic acid groups (broad SMARTS) is 1. The zero-order chi connectivity index (χ0) is 14.0. The van der Waals surface area contributed by atoms with Gasteiger partial charge in [-0.2, -0.15) is 0 Å². The summed E-state index contributed by atoms with van der Waals surface area (Å²) in [7, 11) is 1.73. The van der Waals surface area contributed by atoms with Crippen LogP contribution in [0.3, 0.4) is 0 Å². The molecule has 1 fully saturated rings. The summed E-state index contributed by atoms with van der Waals surface area (Å²) in [5, 5.41) is 18.5. The fraction of sp³-hybridized carbons (Fsp3) is 0.385. The number of rotatable bonds is 2. The predicted octanol–water partition coefficient (Wildman–Crippen LogP) is 0.233. The molecule has 1 atom stereocenters. The van der Waals surface area contributed by atoms with Crippen molar-refractivity contribution < 1.29 is 19.8 Å². The summed E-state index contributed by atoms with van der Waals surface area (Å²) in [5.74, 6) is -1.17. The van der Waals surface area contributed by atoms with Crippen LogP contribution >= 0.6 is 0 Å². The van der Waals surface area contributed by atoms with Crippen LogP contribution in [0.15, 0.2) is 24.3 Å². The highest BCUT2D eigenvalue weighted by atomic mass is 16.4. The van der Waals surface area contributed by atoms with Crippen LogP contribution in [0.1, 0.15) is 10.4 Å². The second-order valence-electron chi connectivity index (χ2n) is 4.64. The van der Waals surface area contributed by atoms with Crippen molar-refractivity contribution in [2.24, 2.45) is 0 Å². The van der Waals surface area contributed by atoms with E-state index in [1.54, 1.807) is 24.1 Å². The van der Waals surface area contributed by atoms with Gasteiger partial charge in [0, 0.05) is 25.2 Å². The lowest BCUT2D eigenvalue weighted by Crippen LogP contribution is -2.56. The maximum absolute atomic E-state index is 12.2. The van der Waals surface area contributed by atoms with E-state index < -0.39 is 12.0 Å². The molecule has 0 bridgehead atoms. The lowest BCUT2D eigenvalue weighted by molar-refractivity contribution is -0.144. The monoisotopic (exact) mass is 264 g/mol. The second-order valence-corrected chi connectivity index (χ2v) is 4.64. The summed E-state index contributed by atoms with van der Waals surface area (Å²) in [4.78, 5) is 26.6. The van der Waals surface area contributed by atoms with Gasteiger partial charge in [0.25, 0.3) is 5.91 Å². The number of likely N-dealkylation sites (N-methyl/N-ethyl adjacent to an activating group) is 1. The van der Waals surface area contributed by atoms with E-state index in [9.17, 15) is 14.7 Å². The number of hydrogen-bond donors (Lipinski definition) is 2. The number of phenols is 1. The van der Waals surface area contributed by atoms with Gasteiger partial charge in [-0.1, -0.05) is 6.07 Å². The number of aliphatic carboxylic acids is 1. The van der Waals surface area contributed by atoms with Crippen LogP contribution in [-0.4, -0.2) is 64.6 Å². The Labute approximate surface area is 110 Å². The predicted molar refractivity (Wildman–Crippen MR) is 68.1 cm³/mol. The zero-order valence-electron chi connectivity index (χ0n) is 10.6. The van der Waals surface area contributed by atoms with Crippen LogP contribution in [0.2, 0.25) is 0 Å². The molecule has 0 saturated carbocycles. The topological polar surface area (TPSA) is 81.1 Å². The molecule has 1 heterocycles. The number of piperazine rings is 1. The fourth-order valence-corrected chi connectivity index (χ4v) is 2.15. The van der Waals surface area contributed by atoms with Crippen LogP contribution in [0, 0.1) is 0 Å². The van der Waals surface area contributed by atoms with Crippen molar-refractivity contribution in [3.63, 3.8) is 0 Å². The average molecular weight is 264 g/mol. The third-order valence-electron chi connectivity index (χ3n) is 3.31. The standard InChI is InChI=1S/C13H16N2O4/c1-14-5-6-15(8-11(14)13(18)19)12(17)9-3-2-4-10(16)7-9/h2-4,7,11,16H,5-6,8H2,1H3,(H,18,19)/t11-/m0/s1. The maximum Gasteiger partial charge on any atom is 0.322 e. The number of amides is 1. The first kappa shape index (κ1) is 13.4. The fourth-order valence-electron chi connectivity index (χ4n) is 2.15. The number of carboxylic acids is 1. The molecule has 0 aromatic heterocycles. The smallest absolute Gasteiger partial charge is 0.322 e. The Bertz CT molecular complexity index is 503. The van der Waals surface area contributed by atoms with Crippen molar-refractivity contribution in [3.05, 3.63) is 29.8 Å². The lowest BCUT2D eigenvalue weighted by atomic mass is 10.1. The summed E-state index contributed by atoms with van der Waals surface area (Å²) >= 11 is 0. The van der Waals surface area contributed by atoms with Crippen LogP contribution in [0.5, 0.6) is 5.75 Å². The van der Waals surface area contributed by atoms with Gasteiger partial charge in [-0.3, -0.25) is 14.5 Å². The number of hydrogen-bond acceptors (Lipinski definition) is 4. The van der Waals surface area contributed by atoms with E-state index in [1.807, 2.05) is 0 Å². The van der Waals surface area contributed by atoms with E-state index >= 15 is 0 Å². The van der Waals surface area contributed by atoms with Crippen molar-refractivity contribution in [2.75, 3.05) is 26.7 Å². The average Bonchev–Trinajstić information content (AvgIpc) is 2.38. The molecule has 2 N–H and O–H groups in total. The highest BCUT2D eigenvalue weighted by molar-refractivity contribution is 5.95. The molecule has 0 spiro atoms. The quantitative estimate of drug-likeness (QED) is 0.799. The normalized spacial score (nSPS) is 20.3. The molecule has 6 heteroatoms. The minimum atomic E-state index is -0.934. The number of nitrogens with zero attached hydrogens (tertiary/aromatic N) is 2. The molecule has 1 saturated heterocycles. The van der Waals surface area contributed by atoms with Gasteiger partial charge in [0.2, 0.25) is 0 Å². The summed E-state index contributed by atoms with van der Waals surface area (Å²) in [6, 6.07) is 5.38. The molecule has 1 amide bonds. The van der Waals surface area contributed by atoms with Crippen molar-refractivity contribution in [1.29, 1.82) is 0 Å². The van der Waals surface area contributed by atoms with Crippen molar-refractivity contribution in [1.82, 2.24) is 9.80 Å². The van der Waals surface area contributed by atoms with Crippen LogP contribution in [0.4, 0.5) is 0 Å². The number of carbonyl (C=O) groups excluding carboxylic acids is 1. The Balaban J connectivity index is 2.14. The first-order chi connectivity index (χ1) is 8.99. The molecular weight excluding hydrogens is 248 g/mol. The van der Waals surface area contributed by atoms with E-state index in [0.29, 0.717) is 18.7 Å². The molecular formula is C13H16N2O4. The van der Waals surface area contributed by atoms with Gasteiger partial charge in [-0.25, -0.2) is 0 Å². The Hall–Kier alpha value is -2.08. The minimum absolute atomic E-state index is 0.0229. The largest absolute Gasteiger partial charge is 0.508 e. The number of benzene rings is 1. The summed E-state index contributed by atoms with van der Waals surface area (Å²) in [6.07, 6.45) is 0. The summed E-state index contributed by atoms with van der Waals surface area (Å²) in [6.45, 7) is 1.15. The van der Waals surface area contributed by atoms with E-state index in [1.165, 1.54) is 17.0 Å². The molecule has 0 unspecified atom stereocenters. The molecule has 0 aliphatic carbocycles. The Morgan fingerprint density at radius 3 is 2.68 bits per heavy atom. The van der Waals surface area contributed by atoms with Gasteiger partial charge in [0.1, 0.15) is 11.8 Å². The van der Waals surface area contributed by atoms with Gasteiger partial charge in [-0.05, 0) is 25.2 Å². The van der Waals surface area contributed by atoms with Crippen LogP contribution in [0.25, 0.3) is 0 Å². The van der Waals surface area contributed by atoms with Crippen LogP contribution < -0.4 is 0 Å². The van der Waals surface area contributed by atoms with E-state index in [4.69, 9.17) is 5.11 Å². The number of phenolic OH excluding ortho intramolecular Hbond substituents is 1. The number of carbonyl (C=O) groups is 2. The Morgan fingerprint density at radius 2 is 2.05 bits per heavy atom. The van der Waals surface area contributed by atoms with Gasteiger partial charge in [0.05, 0.1) is 0 Å². The third kappa shape index (κ3) is 2.85. The van der Waals surface area contributed by atoms with Gasteiger partial charge < -0.3 is 15.1 Å². The highest BCUT2D eigenvalue weighted by Gasteiger charge is 2.32. The van der Waals surface area contributed by atoms with Gasteiger partial charge in [-0.15, -0.1) is 0 Å².